The zero-order valence-corrected chi connectivity index (χ0v) is 9.22. The lowest BCUT2D eigenvalue weighted by atomic mass is 10.2. The predicted octanol–water partition coefficient (Wildman–Crippen LogP) is 1.48. The van der Waals surface area contributed by atoms with Crippen molar-refractivity contribution >= 4 is 23.3 Å². The van der Waals surface area contributed by atoms with Gasteiger partial charge in [-0.3, -0.25) is 9.78 Å². The smallest absolute Gasteiger partial charge is 0.260 e. The second-order valence-electron chi connectivity index (χ2n) is 3.07. The Hall–Kier alpha value is -2.21. The number of pyridine rings is 1. The molecule has 0 spiro atoms. The zero-order valence-electron chi connectivity index (χ0n) is 8.46. The number of nitrogens with one attached hydrogen (secondary N) is 1. The van der Waals surface area contributed by atoms with E-state index in [0.717, 1.165) is 0 Å². The highest BCUT2D eigenvalue weighted by atomic mass is 35.5. The molecule has 7 heteroatoms. The third-order valence-corrected chi connectivity index (χ3v) is 2.10. The fraction of sp³-hybridized carbons (Fsp3) is 0. The van der Waals surface area contributed by atoms with Crippen LogP contribution in [-0.2, 0) is 0 Å². The highest BCUT2D eigenvalue weighted by Gasteiger charge is 2.11. The molecule has 0 radical (unpaired) electrons. The van der Waals surface area contributed by atoms with Gasteiger partial charge in [0.1, 0.15) is 10.9 Å². The summed E-state index contributed by atoms with van der Waals surface area (Å²) in [5.74, 6) is -0.455. The van der Waals surface area contributed by atoms with E-state index in [1.807, 2.05) is 0 Å². The Balaban J connectivity index is 2.17. The minimum Gasteiger partial charge on any atom is -0.505 e. The molecule has 2 aromatic heterocycles. The van der Waals surface area contributed by atoms with Crippen molar-refractivity contribution < 1.29 is 9.90 Å². The lowest BCUT2D eigenvalue weighted by molar-refractivity contribution is 0.102. The molecule has 0 unspecified atom stereocenters. The predicted molar refractivity (Wildman–Crippen MR) is 60.9 cm³/mol. The van der Waals surface area contributed by atoms with Crippen molar-refractivity contribution in [2.24, 2.45) is 0 Å². The third-order valence-electron chi connectivity index (χ3n) is 1.91. The van der Waals surface area contributed by atoms with Gasteiger partial charge in [-0.2, -0.15) is 0 Å². The molecule has 2 N–H and O–H groups in total. The van der Waals surface area contributed by atoms with E-state index in [0.29, 0.717) is 0 Å². The van der Waals surface area contributed by atoms with Crippen LogP contribution >= 0.6 is 11.6 Å². The number of halogens is 1. The number of amides is 1. The molecule has 86 valence electrons. The number of aromatic nitrogens is 3. The Kier molecular flexibility index (Phi) is 3.15. The molecule has 0 saturated heterocycles. The second kappa shape index (κ2) is 4.75. The molecule has 0 saturated carbocycles. The minimum atomic E-state index is -0.499. The maximum Gasteiger partial charge on any atom is 0.260 e. The summed E-state index contributed by atoms with van der Waals surface area (Å²) in [5.41, 5.74) is 0.108. The second-order valence-corrected chi connectivity index (χ2v) is 3.46. The van der Waals surface area contributed by atoms with Crippen molar-refractivity contribution in [1.82, 2.24) is 15.0 Å². The Morgan fingerprint density at radius 2 is 2.12 bits per heavy atom. The van der Waals surface area contributed by atoms with Crippen molar-refractivity contribution in [3.8, 4) is 5.75 Å². The van der Waals surface area contributed by atoms with Crippen LogP contribution in [0.1, 0.15) is 10.4 Å². The fourth-order valence-corrected chi connectivity index (χ4v) is 1.24. The van der Waals surface area contributed by atoms with E-state index in [2.05, 4.69) is 20.3 Å². The van der Waals surface area contributed by atoms with Crippen molar-refractivity contribution in [2.45, 2.75) is 0 Å². The van der Waals surface area contributed by atoms with Gasteiger partial charge in [-0.1, -0.05) is 11.6 Å². The van der Waals surface area contributed by atoms with Crippen LogP contribution in [0.25, 0.3) is 0 Å². The van der Waals surface area contributed by atoms with Gasteiger partial charge in [0.25, 0.3) is 5.91 Å². The molecule has 0 aromatic carbocycles. The summed E-state index contributed by atoms with van der Waals surface area (Å²) in [5, 5.41) is 12.1. The Morgan fingerprint density at radius 1 is 1.29 bits per heavy atom. The lowest BCUT2D eigenvalue weighted by Crippen LogP contribution is -2.13. The maximum absolute atomic E-state index is 11.7. The van der Waals surface area contributed by atoms with Gasteiger partial charge in [0.05, 0.1) is 24.2 Å². The van der Waals surface area contributed by atoms with Crippen molar-refractivity contribution in [1.29, 1.82) is 0 Å². The van der Waals surface area contributed by atoms with E-state index in [-0.39, 0.29) is 22.3 Å². The summed E-state index contributed by atoms with van der Waals surface area (Å²) in [7, 11) is 0. The number of rotatable bonds is 2. The molecule has 1 amide bonds. The van der Waals surface area contributed by atoms with Crippen LogP contribution in [0.3, 0.4) is 0 Å². The molecule has 2 aromatic rings. The van der Waals surface area contributed by atoms with Gasteiger partial charge in [-0.25, -0.2) is 9.97 Å². The van der Waals surface area contributed by atoms with E-state index in [1.165, 1.54) is 30.9 Å². The van der Waals surface area contributed by atoms with Crippen LogP contribution in [0.5, 0.6) is 5.75 Å². The van der Waals surface area contributed by atoms with Crippen LogP contribution in [0.4, 0.5) is 5.82 Å². The van der Waals surface area contributed by atoms with Crippen molar-refractivity contribution in [3.05, 3.63) is 41.6 Å². The highest BCUT2D eigenvalue weighted by molar-refractivity contribution is 6.29. The highest BCUT2D eigenvalue weighted by Crippen LogP contribution is 2.15. The van der Waals surface area contributed by atoms with Crippen LogP contribution < -0.4 is 5.32 Å². The molecule has 0 atom stereocenters. The van der Waals surface area contributed by atoms with E-state index in [4.69, 9.17) is 11.6 Å². The van der Waals surface area contributed by atoms with E-state index < -0.39 is 5.91 Å². The van der Waals surface area contributed by atoms with Crippen LogP contribution in [0.15, 0.2) is 30.9 Å². The largest absolute Gasteiger partial charge is 0.505 e. The van der Waals surface area contributed by atoms with Crippen LogP contribution in [0, 0.1) is 0 Å². The lowest BCUT2D eigenvalue weighted by Gasteiger charge is -2.04. The molecular formula is C10H7ClN4O2. The van der Waals surface area contributed by atoms with Crippen LogP contribution in [0.2, 0.25) is 5.15 Å². The molecular weight excluding hydrogens is 244 g/mol. The SMILES string of the molecule is O=C(Nc1cnc(Cl)cn1)c1ccncc1O. The van der Waals surface area contributed by atoms with Crippen LogP contribution in [-0.4, -0.2) is 26.0 Å². The summed E-state index contributed by atoms with van der Waals surface area (Å²) in [4.78, 5) is 23.0. The van der Waals surface area contributed by atoms with Crippen molar-refractivity contribution in [2.75, 3.05) is 5.32 Å². The number of hydrogen-bond donors (Lipinski definition) is 2. The third kappa shape index (κ3) is 2.67. The molecule has 0 aliphatic carbocycles. The van der Waals surface area contributed by atoms with Gasteiger partial charge >= 0.3 is 0 Å². The quantitative estimate of drug-likeness (QED) is 0.843. The van der Waals surface area contributed by atoms with E-state index in [9.17, 15) is 9.90 Å². The summed E-state index contributed by atoms with van der Waals surface area (Å²) in [6.45, 7) is 0. The fourth-order valence-electron chi connectivity index (χ4n) is 1.14. The van der Waals surface area contributed by atoms with Gasteiger partial charge in [-0.05, 0) is 6.07 Å². The first-order valence-electron chi connectivity index (χ1n) is 4.58. The molecule has 0 bridgehead atoms. The summed E-state index contributed by atoms with van der Waals surface area (Å²) in [6, 6.07) is 1.40. The average Bonchev–Trinajstić information content (AvgIpc) is 2.32. The number of nitrogens with zero attached hydrogens (tertiary/aromatic N) is 3. The Labute approximate surface area is 101 Å². The topological polar surface area (TPSA) is 88.0 Å². The molecule has 6 nitrogen and oxygen atoms in total. The number of aromatic hydroxyl groups is 1. The molecule has 0 aliphatic rings. The summed E-state index contributed by atoms with van der Waals surface area (Å²) in [6.07, 6.45) is 5.21. The first kappa shape index (κ1) is 11.3. The molecule has 0 fully saturated rings. The van der Waals surface area contributed by atoms with E-state index in [1.54, 1.807) is 0 Å². The standard InChI is InChI=1S/C10H7ClN4O2/c11-8-4-14-9(5-13-8)15-10(17)6-1-2-12-3-7(6)16/h1-5,16H,(H,14,15,17). The number of hydrogen-bond acceptors (Lipinski definition) is 5. The molecule has 17 heavy (non-hydrogen) atoms. The van der Waals surface area contributed by atoms with Gasteiger partial charge in [0.2, 0.25) is 0 Å². The maximum atomic E-state index is 11.7. The zero-order chi connectivity index (χ0) is 12.3. The molecule has 0 aliphatic heterocycles. The first-order chi connectivity index (χ1) is 8.16. The van der Waals surface area contributed by atoms with Gasteiger partial charge in [0, 0.05) is 6.20 Å². The number of carbonyl (C=O) groups is 1. The van der Waals surface area contributed by atoms with Crippen molar-refractivity contribution in [3.63, 3.8) is 0 Å². The normalized spacial score (nSPS) is 9.94. The molecule has 2 heterocycles. The number of anilines is 1. The molecule has 2 rings (SSSR count). The first-order valence-corrected chi connectivity index (χ1v) is 4.96. The van der Waals surface area contributed by atoms with Gasteiger partial charge in [0.15, 0.2) is 5.82 Å². The van der Waals surface area contributed by atoms with Gasteiger partial charge < -0.3 is 10.4 Å². The number of carbonyl (C=O) groups excluding carboxylic acids is 1. The Morgan fingerprint density at radius 3 is 2.76 bits per heavy atom. The Bertz CT molecular complexity index is 544. The average molecular weight is 251 g/mol. The van der Waals surface area contributed by atoms with E-state index >= 15 is 0 Å². The van der Waals surface area contributed by atoms with Gasteiger partial charge in [-0.15, -0.1) is 0 Å². The monoisotopic (exact) mass is 250 g/mol. The summed E-state index contributed by atoms with van der Waals surface area (Å²) >= 11 is 5.56. The minimum absolute atomic E-state index is 0.108. The summed E-state index contributed by atoms with van der Waals surface area (Å²) < 4.78 is 0.